The number of halogens is 1. The van der Waals surface area contributed by atoms with E-state index in [4.69, 9.17) is 21.4 Å². The van der Waals surface area contributed by atoms with Crippen LogP contribution in [-0.4, -0.2) is 41.6 Å². The Hall–Kier alpha value is -1.75. The molecule has 1 amide bonds. The molecule has 1 N–H and O–H groups in total. The first-order chi connectivity index (χ1) is 11.5. The van der Waals surface area contributed by atoms with Crippen molar-refractivity contribution in [2.75, 3.05) is 19.7 Å². The fraction of sp³-hybridized carbons (Fsp3) is 0.556. The topological polar surface area (TPSA) is 66.8 Å². The van der Waals surface area contributed by atoms with Gasteiger partial charge in [-0.3, -0.25) is 9.59 Å². The monoisotopic (exact) mass is 351 g/mol. The third-order valence-electron chi connectivity index (χ3n) is 5.23. The van der Waals surface area contributed by atoms with Gasteiger partial charge in [0.05, 0.1) is 17.5 Å². The van der Waals surface area contributed by atoms with Crippen molar-refractivity contribution >= 4 is 23.5 Å². The summed E-state index contributed by atoms with van der Waals surface area (Å²) in [4.78, 5) is 25.2. The summed E-state index contributed by atoms with van der Waals surface area (Å²) >= 11 is 6.01. The number of carboxylic acids is 1. The number of benzene rings is 1. The molecule has 6 heteroatoms. The van der Waals surface area contributed by atoms with Crippen molar-refractivity contribution in [3.63, 3.8) is 0 Å². The summed E-state index contributed by atoms with van der Waals surface area (Å²) in [5, 5.41) is 9.67. The van der Waals surface area contributed by atoms with E-state index in [1.807, 2.05) is 23.1 Å². The summed E-state index contributed by atoms with van der Waals surface area (Å²) in [5.74, 6) is -0.120. The molecule has 0 aromatic heterocycles. The van der Waals surface area contributed by atoms with E-state index in [0.717, 1.165) is 19.3 Å². The Bertz CT molecular complexity index is 625. The van der Waals surface area contributed by atoms with E-state index < -0.39 is 5.97 Å². The zero-order valence-electron chi connectivity index (χ0n) is 13.5. The van der Waals surface area contributed by atoms with Crippen LogP contribution in [0.5, 0.6) is 5.75 Å². The van der Waals surface area contributed by atoms with Crippen LogP contribution in [0.2, 0.25) is 5.02 Å². The predicted molar refractivity (Wildman–Crippen MR) is 90.2 cm³/mol. The molecule has 130 valence electrons. The van der Waals surface area contributed by atoms with Crippen LogP contribution in [0.25, 0.3) is 0 Å². The summed E-state index contributed by atoms with van der Waals surface area (Å²) in [6.07, 6.45) is 3.48. The highest BCUT2D eigenvalue weighted by Crippen LogP contribution is 2.59. The molecule has 1 aliphatic carbocycles. The van der Waals surface area contributed by atoms with Gasteiger partial charge in [-0.15, -0.1) is 0 Å². The average Bonchev–Trinajstić information content (AvgIpc) is 3.27. The lowest BCUT2D eigenvalue weighted by Crippen LogP contribution is -2.40. The second kappa shape index (κ2) is 7.01. The Labute approximate surface area is 146 Å². The molecule has 1 heterocycles. The molecule has 1 atom stereocenters. The van der Waals surface area contributed by atoms with Crippen molar-refractivity contribution in [1.82, 2.24) is 4.90 Å². The summed E-state index contributed by atoms with van der Waals surface area (Å²) < 4.78 is 5.59. The minimum Gasteiger partial charge on any atom is -0.492 e. The summed E-state index contributed by atoms with van der Waals surface area (Å²) in [5.41, 5.74) is -0.0320. The van der Waals surface area contributed by atoms with Crippen molar-refractivity contribution in [2.45, 2.75) is 32.1 Å². The van der Waals surface area contributed by atoms with E-state index in [-0.39, 0.29) is 17.2 Å². The smallest absolute Gasteiger partial charge is 0.307 e. The summed E-state index contributed by atoms with van der Waals surface area (Å²) in [6.45, 7) is 1.80. The maximum absolute atomic E-state index is 12.3. The first kappa shape index (κ1) is 17.1. The van der Waals surface area contributed by atoms with Gasteiger partial charge in [0.15, 0.2) is 0 Å². The van der Waals surface area contributed by atoms with Gasteiger partial charge in [0, 0.05) is 19.5 Å². The molecule has 0 bridgehead atoms. The molecule has 24 heavy (non-hydrogen) atoms. The number of carboxylic acid groups (broad SMARTS) is 1. The van der Waals surface area contributed by atoms with Crippen LogP contribution in [-0.2, 0) is 9.59 Å². The fourth-order valence-electron chi connectivity index (χ4n) is 3.58. The number of para-hydroxylation sites is 1. The number of carbonyl (C=O) groups excluding carboxylic acids is 1. The summed E-state index contributed by atoms with van der Waals surface area (Å²) in [7, 11) is 0. The van der Waals surface area contributed by atoms with Crippen LogP contribution in [0, 0.1) is 11.3 Å². The molecule has 3 rings (SSSR count). The molecular weight excluding hydrogens is 330 g/mol. The summed E-state index contributed by atoms with van der Waals surface area (Å²) in [6, 6.07) is 7.28. The van der Waals surface area contributed by atoms with Crippen LogP contribution < -0.4 is 4.74 Å². The third kappa shape index (κ3) is 3.66. The Morgan fingerprint density at radius 1 is 1.29 bits per heavy atom. The predicted octanol–water partition coefficient (Wildman–Crippen LogP) is 3.21. The quantitative estimate of drug-likeness (QED) is 0.799. The number of hydrogen-bond donors (Lipinski definition) is 1. The van der Waals surface area contributed by atoms with Gasteiger partial charge in [-0.25, -0.2) is 0 Å². The van der Waals surface area contributed by atoms with Crippen molar-refractivity contribution < 1.29 is 19.4 Å². The van der Waals surface area contributed by atoms with E-state index in [1.165, 1.54) is 0 Å². The molecule has 1 aromatic rings. The second-order valence-corrected chi connectivity index (χ2v) is 7.13. The molecule has 1 aromatic carbocycles. The van der Waals surface area contributed by atoms with Gasteiger partial charge in [0.1, 0.15) is 5.75 Å². The maximum atomic E-state index is 12.3. The minimum absolute atomic E-state index is 0.0320. The molecular formula is C18H22ClNO4. The van der Waals surface area contributed by atoms with Gasteiger partial charge >= 0.3 is 5.97 Å². The Morgan fingerprint density at radius 3 is 2.62 bits per heavy atom. The number of nitrogens with zero attached hydrogens (tertiary/aromatic N) is 1. The first-order valence-corrected chi connectivity index (χ1v) is 8.77. The number of amides is 1. The lowest BCUT2D eigenvalue weighted by Gasteiger charge is -2.32. The van der Waals surface area contributed by atoms with Crippen molar-refractivity contribution in [3.05, 3.63) is 29.3 Å². The van der Waals surface area contributed by atoms with Crippen LogP contribution in [0.3, 0.4) is 0 Å². The van der Waals surface area contributed by atoms with Crippen molar-refractivity contribution in [1.29, 1.82) is 0 Å². The molecule has 0 radical (unpaired) electrons. The van der Waals surface area contributed by atoms with Gasteiger partial charge in [-0.2, -0.15) is 0 Å². The number of carbonyl (C=O) groups is 2. The lowest BCUT2D eigenvalue weighted by atomic mass is 9.90. The van der Waals surface area contributed by atoms with E-state index in [0.29, 0.717) is 43.3 Å². The van der Waals surface area contributed by atoms with Gasteiger partial charge in [0.25, 0.3) is 0 Å². The van der Waals surface area contributed by atoms with E-state index in [2.05, 4.69) is 0 Å². The molecule has 1 aliphatic heterocycles. The Morgan fingerprint density at radius 2 is 2.00 bits per heavy atom. The highest BCUT2D eigenvalue weighted by Gasteiger charge is 2.59. The Balaban J connectivity index is 1.36. The number of rotatable bonds is 6. The SMILES string of the molecule is O=C(O)C1CC12CCN(C(=O)CCCOc1ccccc1Cl)CC2. The highest BCUT2D eigenvalue weighted by atomic mass is 35.5. The van der Waals surface area contributed by atoms with Crippen LogP contribution in [0.15, 0.2) is 24.3 Å². The van der Waals surface area contributed by atoms with Crippen LogP contribution in [0.4, 0.5) is 0 Å². The number of aliphatic carboxylic acids is 1. The van der Waals surface area contributed by atoms with Gasteiger partial charge in [-0.05, 0) is 43.2 Å². The number of ether oxygens (including phenoxy) is 1. The Kier molecular flexibility index (Phi) is 4.99. The third-order valence-corrected chi connectivity index (χ3v) is 5.54. The van der Waals surface area contributed by atoms with Gasteiger partial charge < -0.3 is 14.7 Å². The van der Waals surface area contributed by atoms with Crippen molar-refractivity contribution in [2.24, 2.45) is 11.3 Å². The van der Waals surface area contributed by atoms with Crippen LogP contribution >= 0.6 is 11.6 Å². The molecule has 1 saturated heterocycles. The van der Waals surface area contributed by atoms with E-state index >= 15 is 0 Å². The van der Waals surface area contributed by atoms with Crippen LogP contribution in [0.1, 0.15) is 32.1 Å². The minimum atomic E-state index is -0.688. The molecule has 2 aliphatic rings. The van der Waals surface area contributed by atoms with E-state index in [9.17, 15) is 9.59 Å². The zero-order chi connectivity index (χ0) is 17.2. The largest absolute Gasteiger partial charge is 0.492 e. The number of hydrogen-bond acceptors (Lipinski definition) is 3. The highest BCUT2D eigenvalue weighted by molar-refractivity contribution is 6.32. The fourth-order valence-corrected chi connectivity index (χ4v) is 3.77. The molecule has 5 nitrogen and oxygen atoms in total. The second-order valence-electron chi connectivity index (χ2n) is 6.72. The number of piperidine rings is 1. The lowest BCUT2D eigenvalue weighted by molar-refractivity contribution is -0.139. The van der Waals surface area contributed by atoms with Crippen molar-refractivity contribution in [3.8, 4) is 5.75 Å². The molecule has 1 unspecified atom stereocenters. The number of likely N-dealkylation sites (tertiary alicyclic amines) is 1. The molecule has 1 saturated carbocycles. The normalized spacial score (nSPS) is 21.5. The maximum Gasteiger partial charge on any atom is 0.307 e. The van der Waals surface area contributed by atoms with Gasteiger partial charge in [-0.1, -0.05) is 23.7 Å². The van der Waals surface area contributed by atoms with E-state index in [1.54, 1.807) is 6.07 Å². The molecule has 1 spiro atoms. The zero-order valence-corrected chi connectivity index (χ0v) is 14.3. The average molecular weight is 352 g/mol. The standard InChI is InChI=1S/C18H22ClNO4/c19-14-4-1-2-5-15(14)24-11-3-6-16(21)20-9-7-18(8-10-20)12-13(18)17(22)23/h1-2,4-5,13H,3,6-12H2,(H,22,23). The molecule has 2 fully saturated rings. The first-order valence-electron chi connectivity index (χ1n) is 8.40. The van der Waals surface area contributed by atoms with Gasteiger partial charge in [0.2, 0.25) is 5.91 Å².